The van der Waals surface area contributed by atoms with Crippen LogP contribution in [0.4, 0.5) is 25.0 Å². The molecule has 1 saturated heterocycles. The van der Waals surface area contributed by atoms with Crippen LogP contribution in [0.2, 0.25) is 0 Å². The Morgan fingerprint density at radius 3 is 2.68 bits per heavy atom. The Bertz CT molecular complexity index is 1080. The lowest BCUT2D eigenvalue weighted by molar-refractivity contribution is -0.137. The fourth-order valence-electron chi connectivity index (χ4n) is 2.66. The molecule has 0 unspecified atom stereocenters. The monoisotopic (exact) mass is 457 g/mol. The van der Waals surface area contributed by atoms with Crippen LogP contribution in [0.15, 0.2) is 16.7 Å². The van der Waals surface area contributed by atoms with Crippen LogP contribution < -0.4 is 15.0 Å². The fraction of sp³-hybridized carbons (Fsp3) is 0.375. The molecule has 0 aliphatic carbocycles. The van der Waals surface area contributed by atoms with Crippen molar-refractivity contribution in [2.45, 2.75) is 6.18 Å². The smallest absolute Gasteiger partial charge is 0.443 e. The van der Waals surface area contributed by atoms with Gasteiger partial charge in [-0.2, -0.15) is 13.2 Å². The van der Waals surface area contributed by atoms with Gasteiger partial charge in [0.05, 0.1) is 26.5 Å². The molecule has 3 aromatic heterocycles. The molecule has 0 spiro atoms. The van der Waals surface area contributed by atoms with Gasteiger partial charge in [0.1, 0.15) is 4.88 Å². The minimum Gasteiger partial charge on any atom is -0.494 e. The second-order valence-electron chi connectivity index (χ2n) is 6.11. The molecule has 1 aliphatic rings. The summed E-state index contributed by atoms with van der Waals surface area (Å²) in [4.78, 5) is 17.8. The zero-order valence-corrected chi connectivity index (χ0v) is 16.7. The predicted molar refractivity (Wildman–Crippen MR) is 100.0 cm³/mol. The molecule has 1 N–H and O–H groups in total. The summed E-state index contributed by atoms with van der Waals surface area (Å²) in [6.07, 6.45) is -3.62. The number of anilines is 2. The van der Waals surface area contributed by atoms with E-state index >= 15 is 0 Å². The maximum atomic E-state index is 12.7. The van der Waals surface area contributed by atoms with E-state index in [0.717, 1.165) is 6.20 Å². The van der Waals surface area contributed by atoms with Crippen molar-refractivity contribution in [2.24, 2.45) is 0 Å². The van der Waals surface area contributed by atoms with Gasteiger partial charge in [-0.25, -0.2) is 4.98 Å². The summed E-state index contributed by atoms with van der Waals surface area (Å²) in [5.74, 6) is -0.258. The lowest BCUT2D eigenvalue weighted by Gasteiger charge is -2.27. The average molecular weight is 457 g/mol. The summed E-state index contributed by atoms with van der Waals surface area (Å²) in [6, 6.07) is 1.24. The highest BCUT2D eigenvalue weighted by Crippen LogP contribution is 2.36. The molecule has 164 valence electrons. The number of alkyl halides is 3. The van der Waals surface area contributed by atoms with E-state index in [4.69, 9.17) is 13.9 Å². The van der Waals surface area contributed by atoms with Crippen LogP contribution in [0, 0.1) is 0 Å². The summed E-state index contributed by atoms with van der Waals surface area (Å²) in [5, 5.41) is 16.5. The number of hydrogen-bond donors (Lipinski definition) is 1. The molecule has 0 aromatic carbocycles. The van der Waals surface area contributed by atoms with Gasteiger partial charge < -0.3 is 18.8 Å². The van der Waals surface area contributed by atoms with Crippen molar-refractivity contribution in [3.8, 4) is 16.5 Å². The van der Waals surface area contributed by atoms with Crippen LogP contribution >= 0.6 is 11.3 Å². The second-order valence-corrected chi connectivity index (χ2v) is 7.14. The number of rotatable bonds is 5. The lowest BCUT2D eigenvalue weighted by Crippen LogP contribution is -2.37. The van der Waals surface area contributed by atoms with Crippen LogP contribution in [0.3, 0.4) is 0 Å². The van der Waals surface area contributed by atoms with E-state index in [2.05, 4.69) is 30.7 Å². The number of methoxy groups -OCH3 is 1. The van der Waals surface area contributed by atoms with Crippen molar-refractivity contribution in [3.05, 3.63) is 23.0 Å². The standard InChI is InChI=1S/C16H14F3N7O4S/c1-28-8-6-10(26-2-4-29-5-3-26)22-23-11(8)12(27)21-15-25-24-13(30-15)9-7-20-14(31-9)16(17,18)19/h6-7H,2-5H2,1H3,(H,21,25,27). The van der Waals surface area contributed by atoms with Gasteiger partial charge in [0, 0.05) is 19.2 Å². The molecular formula is C16H14F3N7O4S. The quantitative estimate of drug-likeness (QED) is 0.608. The van der Waals surface area contributed by atoms with Gasteiger partial charge >= 0.3 is 12.2 Å². The van der Waals surface area contributed by atoms with Gasteiger partial charge in [0.25, 0.3) is 11.8 Å². The Balaban J connectivity index is 1.49. The number of nitrogens with one attached hydrogen (secondary N) is 1. The van der Waals surface area contributed by atoms with E-state index in [-0.39, 0.29) is 28.2 Å². The van der Waals surface area contributed by atoms with Gasteiger partial charge in [-0.05, 0) is 0 Å². The predicted octanol–water partition coefficient (Wildman–Crippen LogP) is 2.10. The number of carbonyl (C=O) groups excluding carboxylic acids is 1. The number of amides is 1. The zero-order valence-electron chi connectivity index (χ0n) is 15.8. The molecule has 1 aliphatic heterocycles. The van der Waals surface area contributed by atoms with Gasteiger partial charge in [-0.3, -0.25) is 10.1 Å². The van der Waals surface area contributed by atoms with Crippen LogP contribution in [-0.2, 0) is 10.9 Å². The Morgan fingerprint density at radius 2 is 2.00 bits per heavy atom. The summed E-state index contributed by atoms with van der Waals surface area (Å²) >= 11 is 0.342. The highest BCUT2D eigenvalue weighted by atomic mass is 32.1. The van der Waals surface area contributed by atoms with E-state index in [1.165, 1.54) is 7.11 Å². The fourth-order valence-corrected chi connectivity index (χ4v) is 3.36. The highest BCUT2D eigenvalue weighted by Gasteiger charge is 2.35. The van der Waals surface area contributed by atoms with Crippen LogP contribution in [0.25, 0.3) is 10.8 Å². The molecule has 4 heterocycles. The first-order valence-corrected chi connectivity index (χ1v) is 9.59. The van der Waals surface area contributed by atoms with E-state index in [0.29, 0.717) is 43.5 Å². The number of aromatic nitrogens is 5. The van der Waals surface area contributed by atoms with Crippen LogP contribution in [0.5, 0.6) is 5.75 Å². The molecule has 0 atom stereocenters. The first kappa shape index (κ1) is 20.9. The van der Waals surface area contributed by atoms with Crippen molar-refractivity contribution in [3.63, 3.8) is 0 Å². The van der Waals surface area contributed by atoms with Gasteiger partial charge in [-0.15, -0.1) is 26.6 Å². The number of hydrogen-bond acceptors (Lipinski definition) is 11. The summed E-state index contributed by atoms with van der Waals surface area (Å²) < 4.78 is 53.8. The van der Waals surface area contributed by atoms with E-state index in [1.54, 1.807) is 6.07 Å². The van der Waals surface area contributed by atoms with Crippen molar-refractivity contribution < 1.29 is 31.9 Å². The number of ether oxygens (including phenoxy) is 2. The topological polar surface area (TPSA) is 128 Å². The number of thiazole rings is 1. The molecule has 31 heavy (non-hydrogen) atoms. The molecule has 0 saturated carbocycles. The Morgan fingerprint density at radius 1 is 1.23 bits per heavy atom. The first-order valence-electron chi connectivity index (χ1n) is 8.78. The molecule has 0 radical (unpaired) electrons. The third-order valence-corrected chi connectivity index (χ3v) is 5.15. The van der Waals surface area contributed by atoms with Crippen LogP contribution in [-0.4, -0.2) is 64.7 Å². The maximum absolute atomic E-state index is 12.7. The van der Waals surface area contributed by atoms with Gasteiger partial charge in [0.15, 0.2) is 22.3 Å². The molecule has 1 fully saturated rings. The lowest BCUT2D eigenvalue weighted by atomic mass is 10.3. The van der Waals surface area contributed by atoms with Crippen molar-refractivity contribution in [1.29, 1.82) is 0 Å². The normalized spacial score (nSPS) is 14.5. The molecule has 11 nitrogen and oxygen atoms in total. The largest absolute Gasteiger partial charge is 0.494 e. The summed E-state index contributed by atoms with van der Waals surface area (Å²) in [6.45, 7) is 2.36. The number of nitrogens with zero attached hydrogens (tertiary/aromatic N) is 6. The van der Waals surface area contributed by atoms with Gasteiger partial charge in [0.2, 0.25) is 0 Å². The summed E-state index contributed by atoms with van der Waals surface area (Å²) in [5.41, 5.74) is -0.128. The van der Waals surface area contributed by atoms with Crippen molar-refractivity contribution >= 4 is 29.1 Å². The zero-order chi connectivity index (χ0) is 22.0. The van der Waals surface area contributed by atoms with E-state index in [9.17, 15) is 18.0 Å². The summed E-state index contributed by atoms with van der Waals surface area (Å²) in [7, 11) is 1.38. The molecule has 3 aromatic rings. The molecular weight excluding hydrogens is 443 g/mol. The Kier molecular flexibility index (Phi) is 5.69. The average Bonchev–Trinajstić information content (AvgIpc) is 3.43. The van der Waals surface area contributed by atoms with Gasteiger partial charge in [-0.1, -0.05) is 5.10 Å². The second kappa shape index (κ2) is 8.43. The van der Waals surface area contributed by atoms with E-state index in [1.807, 2.05) is 4.90 Å². The minimum atomic E-state index is -4.58. The molecule has 0 bridgehead atoms. The van der Waals surface area contributed by atoms with Crippen molar-refractivity contribution in [1.82, 2.24) is 25.4 Å². The Labute approximate surface area is 176 Å². The minimum absolute atomic E-state index is 0.00700. The molecule has 1 amide bonds. The number of morpholine rings is 1. The SMILES string of the molecule is COc1cc(N2CCOCC2)nnc1C(=O)Nc1nnc(-c2cnc(C(F)(F)F)s2)o1. The third-order valence-electron chi connectivity index (χ3n) is 4.12. The van der Waals surface area contributed by atoms with Crippen molar-refractivity contribution in [2.75, 3.05) is 43.6 Å². The molecule has 4 rings (SSSR count). The Hall–Kier alpha value is -3.33. The number of carbonyl (C=O) groups is 1. The maximum Gasteiger partial charge on any atom is 0.443 e. The van der Waals surface area contributed by atoms with Crippen LogP contribution in [0.1, 0.15) is 15.5 Å². The number of halogens is 3. The first-order chi connectivity index (χ1) is 14.8. The highest BCUT2D eigenvalue weighted by molar-refractivity contribution is 7.15. The van der Waals surface area contributed by atoms with E-state index < -0.39 is 17.1 Å². The molecule has 15 heteroatoms. The third kappa shape index (κ3) is 4.56.